The van der Waals surface area contributed by atoms with Gasteiger partial charge in [-0.2, -0.15) is 10.2 Å². The largest absolute Gasteiger partial charge is 0.383 e. The van der Waals surface area contributed by atoms with Gasteiger partial charge in [0.2, 0.25) is 0 Å². The third-order valence-corrected chi connectivity index (χ3v) is 1.98. The molecule has 0 radical (unpaired) electrons. The van der Waals surface area contributed by atoms with Crippen molar-refractivity contribution in [2.45, 2.75) is 19.4 Å². The zero-order valence-corrected chi connectivity index (χ0v) is 8.73. The van der Waals surface area contributed by atoms with Crippen LogP contribution in [-0.2, 0) is 4.74 Å². The Bertz CT molecular complexity index is 240. The normalized spacial score (nSPS) is 12.7. The van der Waals surface area contributed by atoms with Crippen LogP contribution in [0.25, 0.3) is 0 Å². The first-order valence-corrected chi connectivity index (χ1v) is 4.87. The summed E-state index contributed by atoms with van der Waals surface area (Å²) in [5.74, 6) is 0. The van der Waals surface area contributed by atoms with Gasteiger partial charge in [-0.1, -0.05) is 6.92 Å². The molecule has 1 aromatic heterocycles. The van der Waals surface area contributed by atoms with Gasteiger partial charge in [-0.25, -0.2) is 0 Å². The van der Waals surface area contributed by atoms with E-state index < -0.39 is 0 Å². The van der Waals surface area contributed by atoms with Gasteiger partial charge >= 0.3 is 0 Å². The maximum atomic E-state index is 5.14. The van der Waals surface area contributed by atoms with Gasteiger partial charge in [0.15, 0.2) is 0 Å². The lowest BCUT2D eigenvalue weighted by Crippen LogP contribution is -2.26. The Kier molecular flexibility index (Phi) is 5.11. The molecule has 4 nitrogen and oxygen atoms in total. The summed E-state index contributed by atoms with van der Waals surface area (Å²) in [6.45, 7) is 3.78. The highest BCUT2D eigenvalue weighted by atomic mass is 16.5. The van der Waals surface area contributed by atoms with Crippen molar-refractivity contribution in [1.29, 1.82) is 0 Å². The Labute approximate surface area is 84.7 Å². The van der Waals surface area contributed by atoms with E-state index in [2.05, 4.69) is 22.4 Å². The second-order valence-electron chi connectivity index (χ2n) is 3.14. The second-order valence-corrected chi connectivity index (χ2v) is 3.14. The number of nitrogens with zero attached hydrogens (tertiary/aromatic N) is 2. The molecule has 1 unspecified atom stereocenters. The van der Waals surface area contributed by atoms with Gasteiger partial charge in [-0.05, 0) is 24.6 Å². The first-order chi connectivity index (χ1) is 6.88. The van der Waals surface area contributed by atoms with Gasteiger partial charge in [0.1, 0.15) is 0 Å². The van der Waals surface area contributed by atoms with Gasteiger partial charge in [0.25, 0.3) is 0 Å². The topological polar surface area (TPSA) is 47.0 Å². The van der Waals surface area contributed by atoms with E-state index >= 15 is 0 Å². The third-order valence-electron chi connectivity index (χ3n) is 1.98. The molecular formula is C10H17N3O. The molecule has 1 N–H and O–H groups in total. The van der Waals surface area contributed by atoms with Crippen molar-refractivity contribution in [3.05, 3.63) is 24.0 Å². The van der Waals surface area contributed by atoms with E-state index in [0.29, 0.717) is 6.61 Å². The van der Waals surface area contributed by atoms with Crippen molar-refractivity contribution in [2.24, 2.45) is 0 Å². The Morgan fingerprint density at radius 2 is 2.36 bits per heavy atom. The highest BCUT2D eigenvalue weighted by molar-refractivity contribution is 5.11. The van der Waals surface area contributed by atoms with Gasteiger partial charge < -0.3 is 10.1 Å². The molecule has 0 bridgehead atoms. The predicted octanol–water partition coefficient (Wildman–Crippen LogP) is 1.16. The second kappa shape index (κ2) is 6.45. The molecule has 0 spiro atoms. The number of aromatic nitrogens is 2. The van der Waals surface area contributed by atoms with Crippen LogP contribution < -0.4 is 5.32 Å². The molecule has 0 aliphatic rings. The van der Waals surface area contributed by atoms with Crippen LogP contribution in [0.3, 0.4) is 0 Å². The van der Waals surface area contributed by atoms with Crippen LogP contribution in [0.2, 0.25) is 0 Å². The van der Waals surface area contributed by atoms with Crippen LogP contribution in [0.15, 0.2) is 18.5 Å². The maximum Gasteiger partial charge on any atom is 0.0658 e. The van der Waals surface area contributed by atoms with E-state index in [1.165, 1.54) is 0 Å². The van der Waals surface area contributed by atoms with Gasteiger partial charge in [0, 0.05) is 13.3 Å². The van der Waals surface area contributed by atoms with E-state index in [9.17, 15) is 0 Å². The van der Waals surface area contributed by atoms with Crippen LogP contribution in [0.1, 0.15) is 24.9 Å². The molecule has 0 aliphatic heterocycles. The molecule has 0 amide bonds. The molecule has 14 heavy (non-hydrogen) atoms. The molecule has 1 aromatic rings. The van der Waals surface area contributed by atoms with Crippen molar-refractivity contribution in [3.63, 3.8) is 0 Å². The first kappa shape index (κ1) is 11.1. The summed E-state index contributed by atoms with van der Waals surface area (Å²) in [6, 6.07) is 2.18. The average molecular weight is 195 g/mol. The van der Waals surface area contributed by atoms with E-state index in [1.807, 2.05) is 6.07 Å². The summed E-state index contributed by atoms with van der Waals surface area (Å²) >= 11 is 0. The fraction of sp³-hybridized carbons (Fsp3) is 0.600. The van der Waals surface area contributed by atoms with E-state index in [0.717, 1.165) is 18.5 Å². The lowest BCUT2D eigenvalue weighted by atomic mass is 10.1. The maximum absolute atomic E-state index is 5.14. The summed E-state index contributed by atoms with van der Waals surface area (Å²) in [5.41, 5.74) is 1.12. The highest BCUT2D eigenvalue weighted by Crippen LogP contribution is 2.10. The molecule has 0 aromatic carbocycles. The molecule has 78 valence electrons. The standard InChI is InChI=1S/C10H17N3O/c1-3-5-11-10(8-14-2)9-4-6-12-13-7-9/h4,6-7,10-11H,3,5,8H2,1-2H3. The predicted molar refractivity (Wildman–Crippen MR) is 54.9 cm³/mol. The lowest BCUT2D eigenvalue weighted by Gasteiger charge is -2.16. The van der Waals surface area contributed by atoms with E-state index in [-0.39, 0.29) is 6.04 Å². The first-order valence-electron chi connectivity index (χ1n) is 4.87. The smallest absolute Gasteiger partial charge is 0.0658 e. The summed E-state index contributed by atoms with van der Waals surface area (Å²) < 4.78 is 5.14. The molecule has 1 heterocycles. The van der Waals surface area contributed by atoms with Gasteiger partial charge in [-0.3, -0.25) is 0 Å². The number of methoxy groups -OCH3 is 1. The highest BCUT2D eigenvalue weighted by Gasteiger charge is 2.09. The zero-order valence-electron chi connectivity index (χ0n) is 8.73. The molecule has 0 aliphatic carbocycles. The molecular weight excluding hydrogens is 178 g/mol. The van der Waals surface area contributed by atoms with Gasteiger partial charge in [-0.15, -0.1) is 0 Å². The lowest BCUT2D eigenvalue weighted by molar-refractivity contribution is 0.167. The number of hydrogen-bond acceptors (Lipinski definition) is 4. The number of hydrogen-bond donors (Lipinski definition) is 1. The number of nitrogens with one attached hydrogen (secondary N) is 1. The van der Waals surface area contributed by atoms with E-state index in [1.54, 1.807) is 19.5 Å². The quantitative estimate of drug-likeness (QED) is 0.740. The van der Waals surface area contributed by atoms with Crippen molar-refractivity contribution < 1.29 is 4.74 Å². The molecule has 1 atom stereocenters. The zero-order chi connectivity index (χ0) is 10.2. The molecule has 1 rings (SSSR count). The monoisotopic (exact) mass is 195 g/mol. The summed E-state index contributed by atoms with van der Waals surface area (Å²) in [5, 5.41) is 11.0. The molecule has 0 saturated heterocycles. The van der Waals surface area contributed by atoms with Crippen LogP contribution >= 0.6 is 0 Å². The minimum absolute atomic E-state index is 0.218. The van der Waals surface area contributed by atoms with Crippen LogP contribution in [0.5, 0.6) is 0 Å². The number of ether oxygens (including phenoxy) is 1. The van der Waals surface area contributed by atoms with E-state index in [4.69, 9.17) is 4.74 Å². The van der Waals surface area contributed by atoms with Crippen LogP contribution in [-0.4, -0.2) is 30.5 Å². The minimum Gasteiger partial charge on any atom is -0.383 e. The Balaban J connectivity index is 2.58. The van der Waals surface area contributed by atoms with Crippen molar-refractivity contribution >= 4 is 0 Å². The average Bonchev–Trinajstić information content (AvgIpc) is 2.25. The van der Waals surface area contributed by atoms with Crippen molar-refractivity contribution in [2.75, 3.05) is 20.3 Å². The Morgan fingerprint density at radius 1 is 1.50 bits per heavy atom. The van der Waals surface area contributed by atoms with Gasteiger partial charge in [0.05, 0.1) is 18.8 Å². The summed E-state index contributed by atoms with van der Waals surface area (Å²) in [7, 11) is 1.70. The SMILES string of the molecule is CCCNC(COC)c1ccnnc1. The number of rotatable bonds is 6. The molecule has 4 heteroatoms. The summed E-state index contributed by atoms with van der Waals surface area (Å²) in [4.78, 5) is 0. The summed E-state index contributed by atoms with van der Waals surface area (Å²) in [6.07, 6.45) is 4.58. The minimum atomic E-state index is 0.218. The fourth-order valence-electron chi connectivity index (χ4n) is 1.27. The molecule has 0 fully saturated rings. The van der Waals surface area contributed by atoms with Crippen molar-refractivity contribution in [3.8, 4) is 0 Å². The van der Waals surface area contributed by atoms with Crippen LogP contribution in [0.4, 0.5) is 0 Å². The fourth-order valence-corrected chi connectivity index (χ4v) is 1.27. The Morgan fingerprint density at radius 3 is 2.93 bits per heavy atom. The van der Waals surface area contributed by atoms with Crippen LogP contribution in [0, 0.1) is 0 Å². The Hall–Kier alpha value is -1.00. The van der Waals surface area contributed by atoms with Crippen molar-refractivity contribution in [1.82, 2.24) is 15.5 Å². The molecule has 0 saturated carbocycles. The third kappa shape index (κ3) is 3.40.